The van der Waals surface area contributed by atoms with Crippen molar-refractivity contribution in [1.82, 2.24) is 4.90 Å². The molecule has 0 amide bonds. The monoisotopic (exact) mass is 269 g/mol. The highest BCUT2D eigenvalue weighted by Gasteiger charge is 2.23. The molecule has 0 saturated carbocycles. The van der Waals surface area contributed by atoms with Gasteiger partial charge in [-0.3, -0.25) is 0 Å². The summed E-state index contributed by atoms with van der Waals surface area (Å²) in [5.41, 5.74) is 0. The van der Waals surface area contributed by atoms with Crippen LogP contribution in [0.1, 0.15) is 6.42 Å². The van der Waals surface area contributed by atoms with E-state index in [0.717, 1.165) is 18.7 Å². The molecule has 1 heterocycles. The summed E-state index contributed by atoms with van der Waals surface area (Å²) in [6.07, 6.45) is 1.12. The molecule has 0 spiro atoms. The lowest BCUT2D eigenvalue weighted by Gasteiger charge is -2.13. The summed E-state index contributed by atoms with van der Waals surface area (Å²) >= 11 is 0. The molecule has 1 aliphatic rings. The topological polar surface area (TPSA) is 94.9 Å². The van der Waals surface area contributed by atoms with Crippen molar-refractivity contribution in [2.45, 2.75) is 11.7 Å². The highest BCUT2D eigenvalue weighted by atomic mass is 33.1. The minimum atomic E-state index is -1.82. The van der Waals surface area contributed by atoms with E-state index in [4.69, 9.17) is 19.8 Å². The molecule has 2 atom stereocenters. The van der Waals surface area contributed by atoms with Crippen LogP contribution in [0.3, 0.4) is 0 Å². The predicted octanol–water partition coefficient (Wildman–Crippen LogP) is -0.127. The van der Waals surface area contributed by atoms with Crippen LogP contribution in [0.5, 0.6) is 0 Å². The number of carboxylic acid groups (broad SMARTS) is 2. The number of aliphatic carboxylic acids is 2. The first-order valence-corrected chi connectivity index (χ1v) is 7.21. The van der Waals surface area contributed by atoms with Gasteiger partial charge in [-0.25, -0.2) is 13.8 Å². The van der Waals surface area contributed by atoms with Crippen molar-refractivity contribution >= 4 is 32.6 Å². The van der Waals surface area contributed by atoms with Crippen LogP contribution in [0.4, 0.5) is 0 Å². The van der Waals surface area contributed by atoms with Crippen molar-refractivity contribution in [2.24, 2.45) is 0 Å². The smallest absolute Gasteiger partial charge is 0.414 e. The van der Waals surface area contributed by atoms with E-state index in [9.17, 15) is 4.21 Å². The van der Waals surface area contributed by atoms with Crippen LogP contribution >= 0.6 is 10.8 Å². The molecule has 0 aromatic rings. The zero-order valence-corrected chi connectivity index (χ0v) is 10.7. The van der Waals surface area contributed by atoms with Gasteiger partial charge in [-0.05, 0) is 20.5 Å². The van der Waals surface area contributed by atoms with E-state index in [1.807, 2.05) is 14.1 Å². The van der Waals surface area contributed by atoms with Gasteiger partial charge in [0.25, 0.3) is 0 Å². The number of carbonyl (C=O) groups is 2. The van der Waals surface area contributed by atoms with Gasteiger partial charge in [0, 0.05) is 12.3 Å². The fourth-order valence-electron chi connectivity index (χ4n) is 1.01. The van der Waals surface area contributed by atoms with E-state index in [2.05, 4.69) is 4.90 Å². The molecule has 0 bridgehead atoms. The molecule has 94 valence electrons. The molecule has 0 aromatic heterocycles. The molecule has 0 radical (unpaired) electrons. The fraction of sp³-hybridized carbons (Fsp3) is 0.750. The summed E-state index contributed by atoms with van der Waals surface area (Å²) in [7, 11) is 5.04. The standard InChI is InChI=1S/C6H13NOS2.C2H2O4/c1-7(2)5-6-3-4-9-10(6)8;3-1(4)2(5)6/h6H,3-5H2,1-2H3;(H,3,4)(H,5,6). The molecule has 1 aliphatic heterocycles. The Kier molecular flexibility index (Phi) is 7.35. The molecule has 1 fully saturated rings. The average Bonchev–Trinajstić information content (AvgIpc) is 2.52. The summed E-state index contributed by atoms with van der Waals surface area (Å²) in [5, 5.41) is 15.2. The Labute approximate surface area is 99.9 Å². The SMILES string of the molecule is CN(C)CC1CCSS1=O.O=C(O)C(=O)O. The van der Waals surface area contributed by atoms with E-state index < -0.39 is 21.8 Å². The number of hydrogen-bond acceptors (Lipinski definition) is 5. The Morgan fingerprint density at radius 1 is 1.38 bits per heavy atom. The van der Waals surface area contributed by atoms with Crippen molar-refractivity contribution < 1.29 is 24.0 Å². The van der Waals surface area contributed by atoms with Crippen LogP contribution in [0.2, 0.25) is 0 Å². The lowest BCUT2D eigenvalue weighted by molar-refractivity contribution is -0.159. The van der Waals surface area contributed by atoms with Crippen LogP contribution in [0.25, 0.3) is 0 Å². The van der Waals surface area contributed by atoms with E-state index in [0.29, 0.717) is 5.25 Å². The van der Waals surface area contributed by atoms with Crippen molar-refractivity contribution in [1.29, 1.82) is 0 Å². The van der Waals surface area contributed by atoms with Gasteiger partial charge in [-0.1, -0.05) is 10.8 Å². The predicted molar refractivity (Wildman–Crippen MR) is 62.8 cm³/mol. The van der Waals surface area contributed by atoms with E-state index >= 15 is 0 Å². The Hall–Kier alpha value is -0.600. The van der Waals surface area contributed by atoms with Gasteiger partial charge in [0.05, 0.1) is 15.1 Å². The van der Waals surface area contributed by atoms with Gasteiger partial charge in [-0.2, -0.15) is 0 Å². The third-order valence-corrected chi connectivity index (χ3v) is 5.24. The molecule has 16 heavy (non-hydrogen) atoms. The summed E-state index contributed by atoms with van der Waals surface area (Å²) in [6.45, 7) is 0.972. The van der Waals surface area contributed by atoms with Gasteiger partial charge >= 0.3 is 11.9 Å². The summed E-state index contributed by atoms with van der Waals surface area (Å²) < 4.78 is 11.2. The summed E-state index contributed by atoms with van der Waals surface area (Å²) in [4.78, 5) is 20.3. The van der Waals surface area contributed by atoms with Gasteiger partial charge in [0.2, 0.25) is 0 Å². The average molecular weight is 269 g/mol. The quantitative estimate of drug-likeness (QED) is 0.532. The molecule has 1 saturated heterocycles. The van der Waals surface area contributed by atoms with E-state index in [-0.39, 0.29) is 0 Å². The maximum absolute atomic E-state index is 11.2. The van der Waals surface area contributed by atoms with Gasteiger partial charge in [0.1, 0.15) is 0 Å². The highest BCUT2D eigenvalue weighted by Crippen LogP contribution is 2.26. The molecule has 6 nitrogen and oxygen atoms in total. The second-order valence-corrected chi connectivity index (χ2v) is 6.89. The fourth-order valence-corrected chi connectivity index (χ4v) is 4.46. The van der Waals surface area contributed by atoms with Gasteiger partial charge < -0.3 is 15.1 Å². The van der Waals surface area contributed by atoms with E-state index in [1.165, 1.54) is 0 Å². The number of nitrogens with zero attached hydrogens (tertiary/aromatic N) is 1. The minimum absolute atomic E-state index is 0.417. The van der Waals surface area contributed by atoms with Gasteiger partial charge in [0.15, 0.2) is 0 Å². The molecule has 2 unspecified atom stereocenters. The van der Waals surface area contributed by atoms with Crippen LogP contribution in [-0.2, 0) is 19.4 Å². The number of hydrogen-bond donors (Lipinski definition) is 2. The minimum Gasteiger partial charge on any atom is -0.473 e. The second-order valence-electron chi connectivity index (χ2n) is 3.37. The zero-order chi connectivity index (χ0) is 12.7. The highest BCUT2D eigenvalue weighted by molar-refractivity contribution is 8.69. The first kappa shape index (κ1) is 15.4. The number of rotatable bonds is 2. The molecule has 0 aromatic carbocycles. The van der Waals surface area contributed by atoms with Crippen molar-refractivity contribution in [2.75, 3.05) is 26.4 Å². The zero-order valence-electron chi connectivity index (χ0n) is 9.08. The first-order valence-electron chi connectivity index (χ1n) is 4.49. The Morgan fingerprint density at radius 3 is 2.12 bits per heavy atom. The molecule has 1 rings (SSSR count). The molecule has 8 heteroatoms. The van der Waals surface area contributed by atoms with Gasteiger partial charge in [-0.15, -0.1) is 0 Å². The third kappa shape index (κ3) is 6.81. The van der Waals surface area contributed by atoms with Crippen LogP contribution < -0.4 is 0 Å². The Bertz CT molecular complexity index is 270. The number of carboxylic acids is 2. The first-order chi connectivity index (χ1) is 7.34. The van der Waals surface area contributed by atoms with Crippen molar-refractivity contribution in [3.8, 4) is 0 Å². The normalized spacial score (nSPS) is 23.7. The van der Waals surface area contributed by atoms with Crippen molar-refractivity contribution in [3.05, 3.63) is 0 Å². The van der Waals surface area contributed by atoms with E-state index in [1.54, 1.807) is 10.8 Å². The molecule has 0 aliphatic carbocycles. The second kappa shape index (κ2) is 7.64. The largest absolute Gasteiger partial charge is 0.473 e. The lowest BCUT2D eigenvalue weighted by atomic mass is 10.3. The van der Waals surface area contributed by atoms with Crippen LogP contribution in [0, 0.1) is 0 Å². The van der Waals surface area contributed by atoms with Crippen molar-refractivity contribution in [3.63, 3.8) is 0 Å². The summed E-state index contributed by atoms with van der Waals surface area (Å²) in [6, 6.07) is 0. The Morgan fingerprint density at radius 2 is 1.88 bits per heavy atom. The maximum atomic E-state index is 11.2. The third-order valence-electron chi connectivity index (χ3n) is 1.66. The molecular weight excluding hydrogens is 254 g/mol. The maximum Gasteiger partial charge on any atom is 0.414 e. The summed E-state index contributed by atoms with van der Waals surface area (Å²) in [5.74, 6) is -2.57. The van der Waals surface area contributed by atoms with Crippen LogP contribution in [0.15, 0.2) is 0 Å². The molecule has 2 N–H and O–H groups in total. The Balaban J connectivity index is 0.000000325. The lowest BCUT2D eigenvalue weighted by Crippen LogP contribution is -2.25. The molecular formula is C8H15NO5S2. The van der Waals surface area contributed by atoms with Crippen LogP contribution in [-0.4, -0.2) is 62.9 Å².